The van der Waals surface area contributed by atoms with Crippen LogP contribution in [0.4, 0.5) is 5.69 Å². The smallest absolute Gasteiger partial charge is 0.314 e. The molecule has 2 heterocycles. The number of furan rings is 1. The standard InChI is InChI=1S/C20H24N2O6/c1-26-14-7-8-15(18(12-14)27-2)21-19(24)20(25)22-9-3-5-13(22)11-16(23)17-6-4-10-28-17/h4,6-8,10,12-13,16,23H,3,5,9,11H2,1-2H3,(H,21,24)/t13-,16+/m1/s1. The zero-order chi connectivity index (χ0) is 20.1. The zero-order valence-corrected chi connectivity index (χ0v) is 15.9. The number of aliphatic hydroxyl groups excluding tert-OH is 1. The molecule has 150 valence electrons. The molecule has 28 heavy (non-hydrogen) atoms. The van der Waals surface area contributed by atoms with E-state index in [9.17, 15) is 14.7 Å². The van der Waals surface area contributed by atoms with Crippen LogP contribution in [-0.2, 0) is 9.59 Å². The number of likely N-dealkylation sites (tertiary alicyclic amines) is 1. The summed E-state index contributed by atoms with van der Waals surface area (Å²) in [5, 5.41) is 12.9. The van der Waals surface area contributed by atoms with E-state index < -0.39 is 17.9 Å². The molecule has 2 amide bonds. The number of hydrogen-bond acceptors (Lipinski definition) is 6. The lowest BCUT2D eigenvalue weighted by Crippen LogP contribution is -2.43. The quantitative estimate of drug-likeness (QED) is 0.737. The van der Waals surface area contributed by atoms with Gasteiger partial charge < -0.3 is 29.2 Å². The molecule has 2 N–H and O–H groups in total. The Labute approximate surface area is 163 Å². The van der Waals surface area contributed by atoms with E-state index in [-0.39, 0.29) is 6.04 Å². The topological polar surface area (TPSA) is 101 Å². The molecular formula is C20H24N2O6. The van der Waals surface area contributed by atoms with Crippen LogP contribution in [0.1, 0.15) is 31.1 Å². The van der Waals surface area contributed by atoms with Gasteiger partial charge in [-0.25, -0.2) is 0 Å². The molecule has 8 heteroatoms. The number of aliphatic hydroxyl groups is 1. The van der Waals surface area contributed by atoms with Gasteiger partial charge in [0.25, 0.3) is 0 Å². The van der Waals surface area contributed by atoms with Crippen molar-refractivity contribution in [2.24, 2.45) is 0 Å². The van der Waals surface area contributed by atoms with Crippen LogP contribution in [0.5, 0.6) is 11.5 Å². The lowest BCUT2D eigenvalue weighted by molar-refractivity contribution is -0.144. The van der Waals surface area contributed by atoms with Gasteiger partial charge in [-0.2, -0.15) is 0 Å². The Bertz CT molecular complexity index is 820. The Morgan fingerprint density at radius 2 is 2.14 bits per heavy atom. The first-order valence-corrected chi connectivity index (χ1v) is 9.09. The maximum Gasteiger partial charge on any atom is 0.314 e. The molecule has 2 atom stereocenters. The van der Waals surface area contributed by atoms with Crippen LogP contribution in [0.2, 0.25) is 0 Å². The minimum atomic E-state index is -0.821. The molecule has 0 unspecified atom stereocenters. The summed E-state index contributed by atoms with van der Waals surface area (Å²) in [5.41, 5.74) is 0.382. The van der Waals surface area contributed by atoms with Crippen molar-refractivity contribution in [3.63, 3.8) is 0 Å². The van der Waals surface area contributed by atoms with Gasteiger partial charge in [0.15, 0.2) is 0 Å². The van der Waals surface area contributed by atoms with Crippen LogP contribution in [0.3, 0.4) is 0 Å². The first-order valence-electron chi connectivity index (χ1n) is 9.09. The van der Waals surface area contributed by atoms with Crippen molar-refractivity contribution in [3.05, 3.63) is 42.4 Å². The second-order valence-electron chi connectivity index (χ2n) is 6.58. The molecular weight excluding hydrogens is 364 g/mol. The Morgan fingerprint density at radius 1 is 1.32 bits per heavy atom. The van der Waals surface area contributed by atoms with Crippen molar-refractivity contribution >= 4 is 17.5 Å². The lowest BCUT2D eigenvalue weighted by Gasteiger charge is -2.25. The number of amides is 2. The largest absolute Gasteiger partial charge is 0.497 e. The third kappa shape index (κ3) is 4.28. The minimum Gasteiger partial charge on any atom is -0.497 e. The van der Waals surface area contributed by atoms with Crippen LogP contribution in [-0.4, -0.2) is 48.6 Å². The maximum atomic E-state index is 12.7. The molecule has 1 aliphatic heterocycles. The SMILES string of the molecule is COc1ccc(NC(=O)C(=O)N2CCC[C@@H]2C[C@H](O)c2ccco2)c(OC)c1. The fourth-order valence-electron chi connectivity index (χ4n) is 3.41. The molecule has 1 aromatic carbocycles. The van der Waals surface area contributed by atoms with Crippen LogP contribution in [0, 0.1) is 0 Å². The van der Waals surface area contributed by atoms with Crippen LogP contribution < -0.4 is 14.8 Å². The molecule has 0 spiro atoms. The molecule has 0 saturated carbocycles. The average Bonchev–Trinajstić information content (AvgIpc) is 3.39. The lowest BCUT2D eigenvalue weighted by atomic mass is 10.1. The highest BCUT2D eigenvalue weighted by molar-refractivity contribution is 6.39. The molecule has 1 aromatic heterocycles. The molecule has 8 nitrogen and oxygen atoms in total. The number of anilines is 1. The van der Waals surface area contributed by atoms with E-state index in [4.69, 9.17) is 13.9 Å². The fraction of sp³-hybridized carbons (Fsp3) is 0.400. The monoisotopic (exact) mass is 388 g/mol. The summed E-state index contributed by atoms with van der Waals surface area (Å²) in [4.78, 5) is 26.7. The highest BCUT2D eigenvalue weighted by Crippen LogP contribution is 2.30. The predicted molar refractivity (Wildman–Crippen MR) is 101 cm³/mol. The Hall–Kier alpha value is -3.00. The second kappa shape index (κ2) is 8.79. The van der Waals surface area contributed by atoms with E-state index in [1.807, 2.05) is 0 Å². The molecule has 1 saturated heterocycles. The number of nitrogens with one attached hydrogen (secondary N) is 1. The second-order valence-corrected chi connectivity index (χ2v) is 6.58. The summed E-state index contributed by atoms with van der Waals surface area (Å²) < 4.78 is 15.6. The summed E-state index contributed by atoms with van der Waals surface area (Å²) >= 11 is 0. The number of rotatable bonds is 6. The highest BCUT2D eigenvalue weighted by Gasteiger charge is 2.34. The summed E-state index contributed by atoms with van der Waals surface area (Å²) in [6.45, 7) is 0.474. The van der Waals surface area contributed by atoms with Gasteiger partial charge in [-0.05, 0) is 37.1 Å². The fourth-order valence-corrected chi connectivity index (χ4v) is 3.41. The minimum absolute atomic E-state index is 0.226. The predicted octanol–water partition coefficient (Wildman–Crippen LogP) is 2.35. The van der Waals surface area contributed by atoms with Crippen LogP contribution >= 0.6 is 0 Å². The summed E-state index contributed by atoms with van der Waals surface area (Å²) in [6, 6.07) is 8.07. The Balaban J connectivity index is 1.66. The van der Waals surface area contributed by atoms with E-state index >= 15 is 0 Å². The van der Waals surface area contributed by atoms with Crippen LogP contribution in [0.15, 0.2) is 41.0 Å². The Kier molecular flexibility index (Phi) is 6.20. The molecule has 0 bridgehead atoms. The highest BCUT2D eigenvalue weighted by atomic mass is 16.5. The van der Waals surface area contributed by atoms with Crippen molar-refractivity contribution in [1.29, 1.82) is 0 Å². The number of methoxy groups -OCH3 is 2. The number of benzene rings is 1. The normalized spacial score (nSPS) is 17.2. The van der Waals surface area contributed by atoms with Crippen LogP contribution in [0.25, 0.3) is 0 Å². The van der Waals surface area contributed by atoms with E-state index in [0.29, 0.717) is 35.9 Å². The van der Waals surface area contributed by atoms with Gasteiger partial charge in [0, 0.05) is 25.1 Å². The molecule has 0 aliphatic carbocycles. The molecule has 0 radical (unpaired) electrons. The third-order valence-electron chi connectivity index (χ3n) is 4.86. The Morgan fingerprint density at radius 3 is 2.82 bits per heavy atom. The average molecular weight is 388 g/mol. The van der Waals surface area contributed by atoms with Gasteiger partial charge in [-0.1, -0.05) is 0 Å². The number of nitrogens with zero attached hydrogens (tertiary/aromatic N) is 1. The van der Waals surface area contributed by atoms with Crippen molar-refractivity contribution in [3.8, 4) is 11.5 Å². The number of ether oxygens (including phenoxy) is 2. The van der Waals surface area contributed by atoms with Crippen molar-refractivity contribution in [1.82, 2.24) is 4.90 Å². The molecule has 3 rings (SSSR count). The van der Waals surface area contributed by atoms with Crippen molar-refractivity contribution < 1.29 is 28.6 Å². The molecule has 1 fully saturated rings. The van der Waals surface area contributed by atoms with Gasteiger partial charge in [-0.15, -0.1) is 0 Å². The van der Waals surface area contributed by atoms with Gasteiger partial charge in [0.05, 0.1) is 26.2 Å². The first kappa shape index (κ1) is 19.8. The van der Waals surface area contributed by atoms with Gasteiger partial charge >= 0.3 is 11.8 Å². The van der Waals surface area contributed by atoms with Crippen molar-refractivity contribution in [2.45, 2.75) is 31.4 Å². The maximum absolute atomic E-state index is 12.7. The molecule has 1 aliphatic rings. The van der Waals surface area contributed by atoms with E-state index in [1.165, 1.54) is 25.4 Å². The number of carbonyl (C=O) groups is 2. The third-order valence-corrected chi connectivity index (χ3v) is 4.86. The van der Waals surface area contributed by atoms with Gasteiger partial charge in [0.2, 0.25) is 0 Å². The zero-order valence-electron chi connectivity index (χ0n) is 15.9. The van der Waals surface area contributed by atoms with Crippen molar-refractivity contribution in [2.75, 3.05) is 26.1 Å². The summed E-state index contributed by atoms with van der Waals surface area (Å²) in [6.07, 6.45) is 2.49. The van der Waals surface area contributed by atoms with E-state index in [1.54, 1.807) is 30.3 Å². The number of hydrogen-bond donors (Lipinski definition) is 2. The summed E-state index contributed by atoms with van der Waals surface area (Å²) in [5.74, 6) is 0.0426. The summed E-state index contributed by atoms with van der Waals surface area (Å²) in [7, 11) is 3.00. The van der Waals surface area contributed by atoms with Gasteiger partial charge in [-0.3, -0.25) is 9.59 Å². The molecule has 2 aromatic rings. The van der Waals surface area contributed by atoms with E-state index in [0.717, 1.165) is 12.8 Å². The first-order chi connectivity index (χ1) is 13.5. The van der Waals surface area contributed by atoms with Gasteiger partial charge in [0.1, 0.15) is 23.4 Å². The number of carbonyl (C=O) groups excluding carboxylic acids is 2. The van der Waals surface area contributed by atoms with E-state index in [2.05, 4.69) is 5.32 Å².